The molecule has 6 heteroatoms. The summed E-state index contributed by atoms with van der Waals surface area (Å²) in [6, 6.07) is 8.07. The number of aromatic nitrogens is 3. The number of benzene rings is 1. The van der Waals surface area contributed by atoms with Crippen molar-refractivity contribution in [3.8, 4) is 5.69 Å². The summed E-state index contributed by atoms with van der Waals surface area (Å²) in [4.78, 5) is 8.69. The first-order chi connectivity index (χ1) is 9.58. The van der Waals surface area contributed by atoms with Gasteiger partial charge in [0.1, 0.15) is 17.2 Å². The van der Waals surface area contributed by atoms with Crippen LogP contribution >= 0.6 is 23.2 Å². The van der Waals surface area contributed by atoms with Crippen molar-refractivity contribution in [3.05, 3.63) is 53.2 Å². The van der Waals surface area contributed by atoms with E-state index in [2.05, 4.69) is 9.97 Å². The molecule has 2 aromatic heterocycles. The molecule has 3 nitrogen and oxygen atoms in total. The summed E-state index contributed by atoms with van der Waals surface area (Å²) < 4.78 is 15.8. The lowest BCUT2D eigenvalue weighted by Gasteiger charge is -2.11. The molecular formula is C14H10Cl2FN3. The summed E-state index contributed by atoms with van der Waals surface area (Å²) in [5.41, 5.74) is 1.57. The fraction of sp³-hybridized carbons (Fsp3) is 0.143. The van der Waals surface area contributed by atoms with Crippen LogP contribution in [0.5, 0.6) is 0 Å². The Hall–Kier alpha value is -1.65. The molecule has 0 amide bonds. The third-order valence-corrected chi connectivity index (χ3v) is 3.38. The predicted octanol–water partition coefficient (Wildman–Crippen LogP) is 4.51. The summed E-state index contributed by atoms with van der Waals surface area (Å²) in [7, 11) is 0. The second-order valence-corrected chi connectivity index (χ2v) is 5.45. The number of nitrogens with zero attached hydrogens (tertiary/aromatic N) is 3. The van der Waals surface area contributed by atoms with E-state index in [1.54, 1.807) is 35.9 Å². The van der Waals surface area contributed by atoms with Gasteiger partial charge in [-0.25, -0.2) is 14.4 Å². The zero-order valence-electron chi connectivity index (χ0n) is 10.5. The van der Waals surface area contributed by atoms with Gasteiger partial charge in [-0.3, -0.25) is 4.57 Å². The van der Waals surface area contributed by atoms with Crippen LogP contribution in [-0.2, 0) is 0 Å². The quantitative estimate of drug-likeness (QED) is 0.652. The number of hydrogen-bond donors (Lipinski definition) is 0. The van der Waals surface area contributed by atoms with Crippen LogP contribution in [0.2, 0.25) is 5.02 Å². The minimum atomic E-state index is -0.444. The van der Waals surface area contributed by atoms with Gasteiger partial charge in [0.15, 0.2) is 5.65 Å². The second-order valence-electron chi connectivity index (χ2n) is 4.36. The smallest absolute Gasteiger partial charge is 0.164 e. The van der Waals surface area contributed by atoms with Gasteiger partial charge >= 0.3 is 0 Å². The lowest BCUT2D eigenvalue weighted by molar-refractivity contribution is 0.616. The highest BCUT2D eigenvalue weighted by Gasteiger charge is 2.19. The molecule has 0 fully saturated rings. The van der Waals surface area contributed by atoms with E-state index >= 15 is 0 Å². The van der Waals surface area contributed by atoms with E-state index in [1.165, 1.54) is 6.07 Å². The number of rotatable bonds is 2. The zero-order chi connectivity index (χ0) is 14.3. The van der Waals surface area contributed by atoms with Crippen LogP contribution in [0.4, 0.5) is 4.39 Å². The first-order valence-electron chi connectivity index (χ1n) is 6.01. The summed E-state index contributed by atoms with van der Waals surface area (Å²) in [5.74, 6) is 0.0996. The number of hydrogen-bond acceptors (Lipinski definition) is 2. The Balaban J connectivity index is 2.36. The molecule has 20 heavy (non-hydrogen) atoms. The van der Waals surface area contributed by atoms with Gasteiger partial charge in [0.05, 0.1) is 11.1 Å². The Labute approximate surface area is 125 Å². The SMILES string of the molecule is CC(Cl)c1nc2cccnc2n1-c1ccc(Cl)cc1F. The molecule has 0 saturated heterocycles. The number of fused-ring (bicyclic) bond motifs is 1. The molecule has 0 spiro atoms. The molecule has 1 unspecified atom stereocenters. The molecule has 0 saturated carbocycles. The fourth-order valence-electron chi connectivity index (χ4n) is 2.10. The van der Waals surface area contributed by atoms with Crippen LogP contribution in [0, 0.1) is 5.82 Å². The van der Waals surface area contributed by atoms with Crippen LogP contribution in [0.3, 0.4) is 0 Å². The molecule has 0 bridgehead atoms. The first kappa shape index (κ1) is 13.3. The third kappa shape index (κ3) is 2.15. The van der Waals surface area contributed by atoms with Crippen molar-refractivity contribution in [1.82, 2.24) is 14.5 Å². The Morgan fingerprint density at radius 3 is 2.80 bits per heavy atom. The Bertz CT molecular complexity index is 783. The topological polar surface area (TPSA) is 30.7 Å². The Kier molecular flexibility index (Phi) is 3.36. The van der Waals surface area contributed by atoms with Gasteiger partial charge in [0.2, 0.25) is 0 Å². The Morgan fingerprint density at radius 2 is 2.10 bits per heavy atom. The van der Waals surface area contributed by atoms with Crippen LogP contribution in [-0.4, -0.2) is 14.5 Å². The molecule has 0 aliphatic heterocycles. The van der Waals surface area contributed by atoms with Gasteiger partial charge in [-0.1, -0.05) is 11.6 Å². The van der Waals surface area contributed by atoms with Gasteiger partial charge < -0.3 is 0 Å². The van der Waals surface area contributed by atoms with Gasteiger partial charge in [0.25, 0.3) is 0 Å². The third-order valence-electron chi connectivity index (χ3n) is 2.95. The van der Waals surface area contributed by atoms with Gasteiger partial charge in [-0.05, 0) is 37.3 Å². The van der Waals surface area contributed by atoms with E-state index in [9.17, 15) is 4.39 Å². The molecule has 3 aromatic rings. The number of imidazole rings is 1. The summed E-state index contributed by atoms with van der Waals surface area (Å²) in [6.45, 7) is 1.78. The Morgan fingerprint density at radius 1 is 1.30 bits per heavy atom. The first-order valence-corrected chi connectivity index (χ1v) is 6.82. The van der Waals surface area contributed by atoms with Gasteiger partial charge in [-0.15, -0.1) is 11.6 Å². The lowest BCUT2D eigenvalue weighted by Crippen LogP contribution is -2.04. The van der Waals surface area contributed by atoms with Crippen molar-refractivity contribution in [3.63, 3.8) is 0 Å². The van der Waals surface area contributed by atoms with E-state index in [0.717, 1.165) is 0 Å². The van der Waals surface area contributed by atoms with Crippen LogP contribution < -0.4 is 0 Å². The molecule has 3 rings (SSSR count). The van der Waals surface area contributed by atoms with Crippen molar-refractivity contribution < 1.29 is 4.39 Å². The average molecular weight is 310 g/mol. The minimum absolute atomic E-state index is 0.332. The van der Waals surface area contributed by atoms with Crippen LogP contribution in [0.1, 0.15) is 18.1 Å². The second kappa shape index (κ2) is 5.04. The van der Waals surface area contributed by atoms with E-state index in [1.807, 2.05) is 6.07 Å². The highest BCUT2D eigenvalue weighted by molar-refractivity contribution is 6.30. The number of alkyl halides is 1. The monoisotopic (exact) mass is 309 g/mol. The number of pyridine rings is 1. The highest BCUT2D eigenvalue weighted by atomic mass is 35.5. The molecule has 102 valence electrons. The fourth-order valence-corrected chi connectivity index (χ4v) is 2.40. The molecule has 1 atom stereocenters. The predicted molar refractivity (Wildman–Crippen MR) is 78.1 cm³/mol. The molecule has 2 heterocycles. The van der Waals surface area contributed by atoms with Crippen molar-refractivity contribution in [2.24, 2.45) is 0 Å². The summed E-state index contributed by atoms with van der Waals surface area (Å²) in [5, 5.41) is -0.0385. The molecule has 0 radical (unpaired) electrons. The molecule has 0 aliphatic carbocycles. The highest BCUT2D eigenvalue weighted by Crippen LogP contribution is 2.29. The lowest BCUT2D eigenvalue weighted by atomic mass is 10.3. The van der Waals surface area contributed by atoms with Crippen LogP contribution in [0.25, 0.3) is 16.9 Å². The molecule has 0 aliphatic rings. The van der Waals surface area contributed by atoms with E-state index in [4.69, 9.17) is 23.2 Å². The average Bonchev–Trinajstić information content (AvgIpc) is 2.78. The van der Waals surface area contributed by atoms with Crippen molar-refractivity contribution in [2.75, 3.05) is 0 Å². The maximum absolute atomic E-state index is 14.2. The largest absolute Gasteiger partial charge is 0.276 e. The maximum Gasteiger partial charge on any atom is 0.164 e. The minimum Gasteiger partial charge on any atom is -0.276 e. The van der Waals surface area contributed by atoms with Gasteiger partial charge in [-0.2, -0.15) is 0 Å². The zero-order valence-corrected chi connectivity index (χ0v) is 12.0. The van der Waals surface area contributed by atoms with E-state index in [-0.39, 0.29) is 5.38 Å². The summed E-state index contributed by atoms with van der Waals surface area (Å²) >= 11 is 11.9. The van der Waals surface area contributed by atoms with Crippen molar-refractivity contribution in [2.45, 2.75) is 12.3 Å². The molecule has 1 aromatic carbocycles. The van der Waals surface area contributed by atoms with Crippen LogP contribution in [0.15, 0.2) is 36.5 Å². The van der Waals surface area contributed by atoms with Gasteiger partial charge in [0, 0.05) is 11.2 Å². The van der Waals surface area contributed by atoms with E-state index < -0.39 is 5.82 Å². The standard InChI is InChI=1S/C14H10Cl2FN3/c1-8(15)13-19-11-3-2-6-18-14(11)20(13)12-5-4-9(16)7-10(12)17/h2-8H,1H3. The summed E-state index contributed by atoms with van der Waals surface area (Å²) in [6.07, 6.45) is 1.64. The van der Waals surface area contributed by atoms with Crippen molar-refractivity contribution in [1.29, 1.82) is 0 Å². The maximum atomic E-state index is 14.2. The van der Waals surface area contributed by atoms with E-state index in [0.29, 0.717) is 27.7 Å². The number of halogens is 3. The molecular weight excluding hydrogens is 300 g/mol. The molecule has 0 N–H and O–H groups in total. The normalized spacial score (nSPS) is 12.8. The van der Waals surface area contributed by atoms with Crippen molar-refractivity contribution >= 4 is 34.4 Å².